The number of fused-ring (bicyclic) bond motifs is 1. The molecular formula is C18H21N3O3. The normalized spacial score (nSPS) is 16.6. The molecule has 6 nitrogen and oxygen atoms in total. The van der Waals surface area contributed by atoms with Gasteiger partial charge in [-0.25, -0.2) is 0 Å². The predicted octanol–water partition coefficient (Wildman–Crippen LogP) is 2.43. The van der Waals surface area contributed by atoms with Crippen LogP contribution in [0.25, 0.3) is 0 Å². The molecule has 6 heteroatoms. The number of ether oxygens (including phenoxy) is 1. The Morgan fingerprint density at radius 2 is 2.21 bits per heavy atom. The predicted molar refractivity (Wildman–Crippen MR) is 91.7 cm³/mol. The van der Waals surface area contributed by atoms with E-state index in [0.717, 1.165) is 17.0 Å². The summed E-state index contributed by atoms with van der Waals surface area (Å²) in [7, 11) is 0. The minimum atomic E-state index is -0.317. The van der Waals surface area contributed by atoms with E-state index in [1.165, 1.54) is 0 Å². The number of nitrogens with two attached hydrogens (primary N) is 1. The van der Waals surface area contributed by atoms with Gasteiger partial charge in [-0.15, -0.1) is 0 Å². The summed E-state index contributed by atoms with van der Waals surface area (Å²) in [6, 6.07) is 5.29. The number of aromatic amines is 1. The van der Waals surface area contributed by atoms with Crippen molar-refractivity contribution < 1.29 is 14.3 Å². The van der Waals surface area contributed by atoms with Gasteiger partial charge in [0, 0.05) is 42.5 Å². The molecule has 1 aromatic heterocycles. The number of anilines is 1. The summed E-state index contributed by atoms with van der Waals surface area (Å²) >= 11 is 0. The lowest BCUT2D eigenvalue weighted by Crippen LogP contribution is -2.32. The number of Topliss-reactive ketones (excluding diaryl/α,β-unsaturated/α-hetero) is 1. The number of aryl methyl sites for hydroxylation is 1. The molecule has 1 atom stereocenters. The van der Waals surface area contributed by atoms with E-state index < -0.39 is 0 Å². The molecule has 24 heavy (non-hydrogen) atoms. The average Bonchev–Trinajstić information content (AvgIpc) is 2.95. The first-order chi connectivity index (χ1) is 11.5. The summed E-state index contributed by atoms with van der Waals surface area (Å²) in [4.78, 5) is 27.8. The lowest BCUT2D eigenvalue weighted by Gasteiger charge is -2.18. The molecule has 1 aliphatic rings. The Hall–Kier alpha value is -2.60. The third-order valence-electron chi connectivity index (χ3n) is 4.15. The van der Waals surface area contributed by atoms with Crippen LogP contribution in [0.2, 0.25) is 0 Å². The lowest BCUT2D eigenvalue weighted by atomic mass is 9.90. The summed E-state index contributed by atoms with van der Waals surface area (Å²) in [5.74, 6) is 0.324. The molecular weight excluding hydrogens is 306 g/mol. The third kappa shape index (κ3) is 3.05. The summed E-state index contributed by atoms with van der Waals surface area (Å²) in [6.45, 7) is 4.41. The van der Waals surface area contributed by atoms with Gasteiger partial charge in [0.1, 0.15) is 5.75 Å². The van der Waals surface area contributed by atoms with E-state index >= 15 is 0 Å². The van der Waals surface area contributed by atoms with Crippen LogP contribution in [0, 0.1) is 6.92 Å². The van der Waals surface area contributed by atoms with Gasteiger partial charge in [0.2, 0.25) is 0 Å². The van der Waals surface area contributed by atoms with Crippen molar-refractivity contribution >= 4 is 17.4 Å². The van der Waals surface area contributed by atoms with Crippen LogP contribution in [0.1, 0.15) is 45.3 Å². The Balaban J connectivity index is 1.84. The van der Waals surface area contributed by atoms with Gasteiger partial charge in [-0.1, -0.05) is 6.07 Å². The van der Waals surface area contributed by atoms with Crippen molar-refractivity contribution in [1.82, 2.24) is 4.98 Å². The molecule has 0 aliphatic heterocycles. The van der Waals surface area contributed by atoms with Crippen molar-refractivity contribution in [2.24, 2.45) is 5.73 Å². The zero-order chi connectivity index (χ0) is 17.3. The van der Waals surface area contributed by atoms with E-state index in [2.05, 4.69) is 10.3 Å². The average molecular weight is 327 g/mol. The van der Waals surface area contributed by atoms with Gasteiger partial charge in [-0.3, -0.25) is 9.59 Å². The molecule has 1 aliphatic carbocycles. The van der Waals surface area contributed by atoms with Crippen molar-refractivity contribution in [3.63, 3.8) is 0 Å². The van der Waals surface area contributed by atoms with Gasteiger partial charge in [0.05, 0.1) is 17.7 Å². The molecule has 0 fully saturated rings. The fraction of sp³-hybridized carbons (Fsp3) is 0.333. The van der Waals surface area contributed by atoms with Gasteiger partial charge in [0.15, 0.2) is 5.78 Å². The maximum atomic E-state index is 12.6. The molecule has 1 amide bonds. The number of carbonyl (C=O) groups is 2. The minimum Gasteiger partial charge on any atom is -0.494 e. The van der Waals surface area contributed by atoms with Crippen LogP contribution in [0.5, 0.6) is 5.75 Å². The van der Waals surface area contributed by atoms with Crippen LogP contribution in [-0.4, -0.2) is 29.3 Å². The number of benzene rings is 1. The monoisotopic (exact) mass is 327 g/mol. The van der Waals surface area contributed by atoms with Crippen LogP contribution < -0.4 is 15.8 Å². The Kier molecular flexibility index (Phi) is 4.40. The number of hydrogen-bond donors (Lipinski definition) is 3. The zero-order valence-corrected chi connectivity index (χ0v) is 13.8. The maximum absolute atomic E-state index is 12.6. The van der Waals surface area contributed by atoms with E-state index in [9.17, 15) is 9.59 Å². The summed E-state index contributed by atoms with van der Waals surface area (Å²) in [5, 5.41) is 2.83. The molecule has 126 valence electrons. The van der Waals surface area contributed by atoms with Crippen LogP contribution in [-0.2, 0) is 6.42 Å². The smallest absolute Gasteiger partial charge is 0.257 e. The molecule has 1 aromatic carbocycles. The Morgan fingerprint density at radius 3 is 2.96 bits per heavy atom. The quantitative estimate of drug-likeness (QED) is 0.803. The molecule has 0 spiro atoms. The summed E-state index contributed by atoms with van der Waals surface area (Å²) < 4.78 is 5.54. The second kappa shape index (κ2) is 6.49. The zero-order valence-electron chi connectivity index (χ0n) is 13.8. The fourth-order valence-electron chi connectivity index (χ4n) is 2.99. The third-order valence-corrected chi connectivity index (χ3v) is 4.15. The number of hydrogen-bond acceptors (Lipinski definition) is 4. The van der Waals surface area contributed by atoms with Crippen LogP contribution >= 0.6 is 0 Å². The van der Waals surface area contributed by atoms with Crippen LogP contribution in [0.4, 0.5) is 5.69 Å². The number of aromatic nitrogens is 1. The topological polar surface area (TPSA) is 97.2 Å². The first-order valence-corrected chi connectivity index (χ1v) is 8.03. The molecule has 0 bridgehead atoms. The first kappa shape index (κ1) is 16.3. The largest absolute Gasteiger partial charge is 0.494 e. The highest BCUT2D eigenvalue weighted by molar-refractivity contribution is 6.13. The highest BCUT2D eigenvalue weighted by atomic mass is 16.5. The second-order valence-corrected chi connectivity index (χ2v) is 6.01. The van der Waals surface area contributed by atoms with Gasteiger partial charge in [-0.2, -0.15) is 0 Å². The number of nitrogens with one attached hydrogen (secondary N) is 2. The second-order valence-electron chi connectivity index (χ2n) is 6.01. The van der Waals surface area contributed by atoms with Crippen LogP contribution in [0.3, 0.4) is 0 Å². The molecule has 4 N–H and O–H groups in total. The molecule has 0 radical (unpaired) electrons. The van der Waals surface area contributed by atoms with Gasteiger partial charge in [0.25, 0.3) is 5.91 Å². The van der Waals surface area contributed by atoms with Crippen molar-refractivity contribution in [1.29, 1.82) is 0 Å². The fourth-order valence-corrected chi connectivity index (χ4v) is 2.99. The number of H-pyrrole nitrogens is 1. The Labute approximate surface area is 140 Å². The Bertz CT molecular complexity index is 795. The molecule has 0 saturated carbocycles. The molecule has 0 saturated heterocycles. The molecule has 3 rings (SSSR count). The van der Waals surface area contributed by atoms with Crippen molar-refractivity contribution in [2.45, 2.75) is 32.7 Å². The van der Waals surface area contributed by atoms with Gasteiger partial charge >= 0.3 is 0 Å². The van der Waals surface area contributed by atoms with E-state index in [0.29, 0.717) is 29.8 Å². The van der Waals surface area contributed by atoms with E-state index in [-0.39, 0.29) is 24.2 Å². The number of amides is 1. The van der Waals surface area contributed by atoms with E-state index in [4.69, 9.17) is 10.5 Å². The van der Waals surface area contributed by atoms with Crippen molar-refractivity contribution in [2.75, 3.05) is 11.9 Å². The number of rotatable bonds is 4. The summed E-state index contributed by atoms with van der Waals surface area (Å²) in [6.07, 6.45) is 2.42. The van der Waals surface area contributed by atoms with Gasteiger partial charge in [-0.05, 0) is 25.5 Å². The number of carbonyl (C=O) groups excluding carboxylic acids is 2. The lowest BCUT2D eigenvalue weighted by molar-refractivity contribution is 0.0950. The minimum absolute atomic E-state index is 0.0888. The first-order valence-electron chi connectivity index (χ1n) is 8.03. The highest BCUT2D eigenvalue weighted by Gasteiger charge is 2.29. The Morgan fingerprint density at radius 1 is 1.42 bits per heavy atom. The maximum Gasteiger partial charge on any atom is 0.257 e. The molecule has 1 heterocycles. The number of ketones is 1. The van der Waals surface area contributed by atoms with Crippen molar-refractivity contribution in [3.05, 3.63) is 46.8 Å². The van der Waals surface area contributed by atoms with Crippen molar-refractivity contribution in [3.8, 4) is 5.75 Å². The molecule has 2 aromatic rings. The van der Waals surface area contributed by atoms with E-state index in [1.54, 1.807) is 12.3 Å². The van der Waals surface area contributed by atoms with Crippen LogP contribution in [0.15, 0.2) is 24.4 Å². The van der Waals surface area contributed by atoms with Gasteiger partial charge < -0.3 is 20.8 Å². The SMILES string of the molecule is CCOc1cc(NC(=O)c2c[nH]c3c2C(=O)CC(N)C3)ccc1C. The highest BCUT2D eigenvalue weighted by Crippen LogP contribution is 2.26. The summed E-state index contributed by atoms with van der Waals surface area (Å²) in [5.41, 5.74) is 9.04. The van der Waals surface area contributed by atoms with E-state index in [1.807, 2.05) is 26.0 Å². The molecule has 1 unspecified atom stereocenters. The standard InChI is InChI=1S/C18H21N3O3/c1-3-24-16-8-12(5-4-10(16)2)21-18(23)13-9-20-14-6-11(19)7-15(22)17(13)14/h4-5,8-9,11,20H,3,6-7,19H2,1-2H3,(H,21,23).